The van der Waals surface area contributed by atoms with Gasteiger partial charge in [0.1, 0.15) is 0 Å². The number of benzene rings is 1. The molecule has 1 aromatic carbocycles. The van der Waals surface area contributed by atoms with Gasteiger partial charge in [0, 0.05) is 43.1 Å². The fraction of sp³-hybridized carbons (Fsp3) is 0.500. The Morgan fingerprint density at radius 2 is 2.15 bits per heavy atom. The highest BCUT2D eigenvalue weighted by Crippen LogP contribution is 2.37. The summed E-state index contributed by atoms with van der Waals surface area (Å²) in [6.07, 6.45) is 7.63. The maximum atomic E-state index is 12.7. The van der Waals surface area contributed by atoms with Crippen LogP contribution in [0.1, 0.15) is 29.6 Å². The van der Waals surface area contributed by atoms with Crippen molar-refractivity contribution in [3.63, 3.8) is 0 Å². The Labute approximate surface area is 153 Å². The molecule has 0 unspecified atom stereocenters. The lowest BCUT2D eigenvalue weighted by molar-refractivity contribution is -0.0581. The first-order valence-electron chi connectivity index (χ1n) is 9.53. The SMILES string of the molecule is O=C(N[C@@H]1C[C@H]2CO[C@@H](C3CC3)CN2C1)c1cccc(-n2cccn2)c1. The van der Waals surface area contributed by atoms with Gasteiger partial charge in [-0.05, 0) is 49.4 Å². The summed E-state index contributed by atoms with van der Waals surface area (Å²) in [6.45, 7) is 2.76. The Balaban J connectivity index is 1.23. The smallest absolute Gasteiger partial charge is 0.251 e. The average molecular weight is 352 g/mol. The minimum absolute atomic E-state index is 0.0106. The quantitative estimate of drug-likeness (QED) is 0.912. The normalized spacial score (nSPS) is 28.7. The van der Waals surface area contributed by atoms with E-state index in [2.05, 4.69) is 15.3 Å². The van der Waals surface area contributed by atoms with Gasteiger partial charge in [-0.15, -0.1) is 0 Å². The molecular weight excluding hydrogens is 328 g/mol. The molecule has 1 saturated carbocycles. The van der Waals surface area contributed by atoms with E-state index in [9.17, 15) is 4.79 Å². The van der Waals surface area contributed by atoms with Crippen LogP contribution < -0.4 is 5.32 Å². The van der Waals surface area contributed by atoms with E-state index in [1.807, 2.05) is 36.5 Å². The van der Waals surface area contributed by atoms with Crippen LogP contribution in [-0.2, 0) is 4.74 Å². The van der Waals surface area contributed by atoms with Crippen molar-refractivity contribution >= 4 is 5.91 Å². The number of hydrogen-bond donors (Lipinski definition) is 1. The van der Waals surface area contributed by atoms with Gasteiger partial charge in [-0.3, -0.25) is 9.69 Å². The summed E-state index contributed by atoms with van der Waals surface area (Å²) in [6, 6.07) is 10.1. The van der Waals surface area contributed by atoms with E-state index >= 15 is 0 Å². The van der Waals surface area contributed by atoms with Gasteiger partial charge in [-0.1, -0.05) is 6.07 Å². The minimum atomic E-state index is -0.0106. The zero-order chi connectivity index (χ0) is 17.5. The van der Waals surface area contributed by atoms with Crippen molar-refractivity contribution in [3.05, 3.63) is 48.3 Å². The second-order valence-corrected chi connectivity index (χ2v) is 7.72. The zero-order valence-corrected chi connectivity index (χ0v) is 14.8. The third kappa shape index (κ3) is 3.15. The zero-order valence-electron chi connectivity index (χ0n) is 14.8. The topological polar surface area (TPSA) is 59.4 Å². The molecule has 2 aliphatic heterocycles. The summed E-state index contributed by atoms with van der Waals surface area (Å²) in [5.41, 5.74) is 1.57. The molecule has 1 amide bonds. The first kappa shape index (κ1) is 16.0. The lowest BCUT2D eigenvalue weighted by Crippen LogP contribution is -2.47. The van der Waals surface area contributed by atoms with E-state index in [0.29, 0.717) is 17.7 Å². The van der Waals surface area contributed by atoms with Crippen LogP contribution in [0, 0.1) is 5.92 Å². The summed E-state index contributed by atoms with van der Waals surface area (Å²) >= 11 is 0. The molecule has 26 heavy (non-hydrogen) atoms. The maximum absolute atomic E-state index is 12.7. The van der Waals surface area contributed by atoms with Crippen molar-refractivity contribution in [2.24, 2.45) is 5.92 Å². The summed E-state index contributed by atoms with van der Waals surface area (Å²) < 4.78 is 7.81. The molecule has 2 aromatic rings. The fourth-order valence-electron chi connectivity index (χ4n) is 4.24. The number of hydrogen-bond acceptors (Lipinski definition) is 4. The van der Waals surface area contributed by atoms with Gasteiger partial charge in [-0.25, -0.2) is 4.68 Å². The highest BCUT2D eigenvalue weighted by molar-refractivity contribution is 5.95. The van der Waals surface area contributed by atoms with Crippen LogP contribution in [0.2, 0.25) is 0 Å². The Hall–Kier alpha value is -2.18. The molecule has 0 radical (unpaired) electrons. The van der Waals surface area contributed by atoms with E-state index in [-0.39, 0.29) is 11.9 Å². The Bertz CT molecular complexity index is 787. The highest BCUT2D eigenvalue weighted by atomic mass is 16.5. The third-order valence-electron chi connectivity index (χ3n) is 5.81. The first-order chi connectivity index (χ1) is 12.8. The van der Waals surface area contributed by atoms with Crippen LogP contribution in [0.15, 0.2) is 42.7 Å². The fourth-order valence-corrected chi connectivity index (χ4v) is 4.24. The van der Waals surface area contributed by atoms with Crippen LogP contribution in [0.25, 0.3) is 5.69 Å². The van der Waals surface area contributed by atoms with Crippen LogP contribution in [-0.4, -0.2) is 58.5 Å². The highest BCUT2D eigenvalue weighted by Gasteiger charge is 2.42. The second kappa shape index (κ2) is 6.52. The third-order valence-corrected chi connectivity index (χ3v) is 5.81. The number of fused-ring (bicyclic) bond motifs is 1. The standard InChI is InChI=1S/C20H24N4O2/c25-20(15-3-1-4-17(9-15)24-8-2-7-21-24)22-16-10-18-13-26-19(14-5-6-14)12-23(18)11-16/h1-4,7-9,14,16,18-19H,5-6,10-13H2,(H,22,25)/t16-,18+,19-/m1/s1. The van der Waals surface area contributed by atoms with E-state index in [4.69, 9.17) is 4.74 Å². The van der Waals surface area contributed by atoms with Crippen LogP contribution >= 0.6 is 0 Å². The Morgan fingerprint density at radius 3 is 2.96 bits per heavy atom. The predicted octanol–water partition coefficient (Wildman–Crippen LogP) is 1.85. The molecule has 3 fully saturated rings. The van der Waals surface area contributed by atoms with Crippen molar-refractivity contribution in [1.29, 1.82) is 0 Å². The van der Waals surface area contributed by atoms with Gasteiger partial charge in [0.25, 0.3) is 5.91 Å². The number of carbonyl (C=O) groups is 1. The lowest BCUT2D eigenvalue weighted by atomic mass is 10.1. The van der Waals surface area contributed by atoms with Gasteiger partial charge >= 0.3 is 0 Å². The van der Waals surface area contributed by atoms with E-state index in [0.717, 1.165) is 37.7 Å². The molecule has 136 valence electrons. The van der Waals surface area contributed by atoms with Gasteiger partial charge < -0.3 is 10.1 Å². The van der Waals surface area contributed by atoms with Gasteiger partial charge in [0.05, 0.1) is 18.4 Å². The molecule has 3 atom stereocenters. The van der Waals surface area contributed by atoms with Crippen LogP contribution in [0.3, 0.4) is 0 Å². The van der Waals surface area contributed by atoms with Crippen molar-refractivity contribution in [2.45, 2.75) is 37.5 Å². The van der Waals surface area contributed by atoms with E-state index in [1.54, 1.807) is 10.9 Å². The van der Waals surface area contributed by atoms with Crippen molar-refractivity contribution in [3.8, 4) is 5.69 Å². The molecule has 2 saturated heterocycles. The average Bonchev–Trinajstić information content (AvgIpc) is 3.21. The number of amides is 1. The number of morpholine rings is 1. The van der Waals surface area contributed by atoms with Crippen molar-refractivity contribution < 1.29 is 9.53 Å². The molecular formula is C20H24N4O2. The molecule has 5 rings (SSSR count). The van der Waals surface area contributed by atoms with E-state index < -0.39 is 0 Å². The van der Waals surface area contributed by atoms with Gasteiger partial charge in [0.2, 0.25) is 0 Å². The summed E-state index contributed by atoms with van der Waals surface area (Å²) in [7, 11) is 0. The predicted molar refractivity (Wildman–Crippen MR) is 97.3 cm³/mol. The molecule has 6 heteroatoms. The minimum Gasteiger partial charge on any atom is -0.375 e. The number of nitrogens with zero attached hydrogens (tertiary/aromatic N) is 3. The van der Waals surface area contributed by atoms with Crippen LogP contribution in [0.4, 0.5) is 0 Å². The molecule has 0 spiro atoms. The van der Waals surface area contributed by atoms with Gasteiger partial charge in [0.15, 0.2) is 0 Å². The lowest BCUT2D eigenvalue weighted by Gasteiger charge is -2.35. The number of rotatable bonds is 4. The maximum Gasteiger partial charge on any atom is 0.251 e. The van der Waals surface area contributed by atoms with E-state index in [1.165, 1.54) is 12.8 Å². The molecule has 6 nitrogen and oxygen atoms in total. The molecule has 3 aliphatic rings. The molecule has 1 aliphatic carbocycles. The molecule has 1 aromatic heterocycles. The summed E-state index contributed by atoms with van der Waals surface area (Å²) in [4.78, 5) is 15.2. The largest absolute Gasteiger partial charge is 0.375 e. The van der Waals surface area contributed by atoms with Crippen molar-refractivity contribution in [2.75, 3.05) is 19.7 Å². The monoisotopic (exact) mass is 352 g/mol. The number of ether oxygens (including phenoxy) is 1. The number of carbonyl (C=O) groups excluding carboxylic acids is 1. The first-order valence-corrected chi connectivity index (χ1v) is 9.53. The van der Waals surface area contributed by atoms with Gasteiger partial charge in [-0.2, -0.15) is 5.10 Å². The number of nitrogens with one attached hydrogen (secondary N) is 1. The second-order valence-electron chi connectivity index (χ2n) is 7.72. The van der Waals surface area contributed by atoms with Crippen LogP contribution in [0.5, 0.6) is 0 Å². The number of aromatic nitrogens is 2. The summed E-state index contributed by atoms with van der Waals surface area (Å²) in [5.74, 6) is 0.762. The molecule has 3 heterocycles. The van der Waals surface area contributed by atoms with Crippen molar-refractivity contribution in [1.82, 2.24) is 20.0 Å². The molecule has 1 N–H and O–H groups in total. The summed E-state index contributed by atoms with van der Waals surface area (Å²) in [5, 5.41) is 7.45. The molecule has 0 bridgehead atoms. The Kier molecular flexibility index (Phi) is 4.02. The Morgan fingerprint density at radius 1 is 1.23 bits per heavy atom.